The minimum atomic E-state index is -3.00. The molecular weight excluding hydrogens is 453 g/mol. The fourth-order valence-corrected chi connectivity index (χ4v) is 5.47. The molecule has 0 bridgehead atoms. The topological polar surface area (TPSA) is 78.4 Å². The number of nitrogens with one attached hydrogen (secondary N) is 1. The molecule has 33 heavy (non-hydrogen) atoms. The van der Waals surface area contributed by atoms with Gasteiger partial charge in [0.05, 0.1) is 27.9 Å². The molecule has 1 aromatic heterocycles. The molecule has 1 saturated heterocycles. The van der Waals surface area contributed by atoms with Crippen molar-refractivity contribution in [2.45, 2.75) is 30.6 Å². The van der Waals surface area contributed by atoms with Gasteiger partial charge in [-0.15, -0.1) is 0 Å². The molecule has 3 heterocycles. The van der Waals surface area contributed by atoms with Crippen LogP contribution < -0.4 is 5.56 Å². The summed E-state index contributed by atoms with van der Waals surface area (Å²) in [6, 6.07) is 10.9. The largest absolute Gasteiger partial charge is 0.335 e. The van der Waals surface area contributed by atoms with Gasteiger partial charge in [0.15, 0.2) is 0 Å². The Kier molecular flexibility index (Phi) is 5.27. The maximum Gasteiger partial charge on any atom is 0.292 e. The van der Waals surface area contributed by atoms with E-state index in [0.717, 1.165) is 18.7 Å². The Morgan fingerprint density at radius 3 is 2.70 bits per heavy atom. The SMILES string of the molecule is CC(F)(F)C1=NC2CN(C(=O)c3cc(Cc4n[nH]c(=O)c5ccccc45)ccc3F)CC2S1. The Labute approximate surface area is 190 Å². The zero-order valence-electron chi connectivity index (χ0n) is 17.5. The number of nitrogens with zero attached hydrogens (tertiary/aromatic N) is 3. The van der Waals surface area contributed by atoms with Crippen molar-refractivity contribution in [2.24, 2.45) is 4.99 Å². The molecule has 2 aromatic carbocycles. The number of carbonyl (C=O) groups excluding carboxylic acids is 1. The number of alkyl halides is 2. The van der Waals surface area contributed by atoms with Crippen LogP contribution in [0.5, 0.6) is 0 Å². The van der Waals surface area contributed by atoms with Gasteiger partial charge in [0.25, 0.3) is 17.4 Å². The smallest absolute Gasteiger partial charge is 0.292 e. The first-order valence-electron chi connectivity index (χ1n) is 10.4. The molecule has 2 unspecified atom stereocenters. The van der Waals surface area contributed by atoms with E-state index in [-0.39, 0.29) is 40.9 Å². The first-order valence-corrected chi connectivity index (χ1v) is 11.3. The number of aromatic nitrogens is 2. The van der Waals surface area contributed by atoms with Crippen LogP contribution in [0.3, 0.4) is 0 Å². The molecule has 2 aliphatic rings. The molecule has 2 atom stereocenters. The summed E-state index contributed by atoms with van der Waals surface area (Å²) >= 11 is 0.991. The number of hydrogen-bond donors (Lipinski definition) is 1. The molecule has 170 valence electrons. The zero-order valence-corrected chi connectivity index (χ0v) is 18.3. The number of hydrogen-bond acceptors (Lipinski definition) is 5. The van der Waals surface area contributed by atoms with E-state index in [1.54, 1.807) is 30.3 Å². The van der Waals surface area contributed by atoms with E-state index >= 15 is 0 Å². The third-order valence-corrected chi connectivity index (χ3v) is 7.31. The van der Waals surface area contributed by atoms with Crippen molar-refractivity contribution in [1.82, 2.24) is 15.1 Å². The van der Waals surface area contributed by atoms with E-state index in [2.05, 4.69) is 15.2 Å². The summed E-state index contributed by atoms with van der Waals surface area (Å²) in [5.41, 5.74) is 0.874. The number of halogens is 3. The molecule has 6 nitrogen and oxygen atoms in total. The number of likely N-dealkylation sites (tertiary alicyclic amines) is 1. The van der Waals surface area contributed by atoms with E-state index in [4.69, 9.17) is 0 Å². The van der Waals surface area contributed by atoms with Gasteiger partial charge in [-0.25, -0.2) is 9.49 Å². The summed E-state index contributed by atoms with van der Waals surface area (Å²) < 4.78 is 41.7. The molecule has 5 rings (SSSR count). The summed E-state index contributed by atoms with van der Waals surface area (Å²) in [5, 5.41) is 7.33. The number of benzene rings is 2. The third kappa shape index (κ3) is 4.03. The lowest BCUT2D eigenvalue weighted by Gasteiger charge is -2.18. The highest BCUT2D eigenvalue weighted by molar-refractivity contribution is 8.15. The summed E-state index contributed by atoms with van der Waals surface area (Å²) in [6.07, 6.45) is 0.290. The van der Waals surface area contributed by atoms with Gasteiger partial charge in [-0.1, -0.05) is 36.0 Å². The minimum Gasteiger partial charge on any atom is -0.335 e. The number of H-pyrrole nitrogens is 1. The molecule has 1 N–H and O–H groups in total. The van der Waals surface area contributed by atoms with Gasteiger partial charge < -0.3 is 4.90 Å². The van der Waals surface area contributed by atoms with Gasteiger partial charge in [0.2, 0.25) is 0 Å². The van der Waals surface area contributed by atoms with Gasteiger partial charge >= 0.3 is 0 Å². The van der Waals surface area contributed by atoms with Gasteiger partial charge in [-0.2, -0.15) is 13.9 Å². The van der Waals surface area contributed by atoms with Crippen LogP contribution in [0.4, 0.5) is 13.2 Å². The molecule has 2 aliphatic heterocycles. The summed E-state index contributed by atoms with van der Waals surface area (Å²) in [5.74, 6) is -4.15. The number of aromatic amines is 1. The van der Waals surface area contributed by atoms with Gasteiger partial charge in [-0.05, 0) is 23.8 Å². The van der Waals surface area contributed by atoms with E-state index in [1.807, 2.05) is 0 Å². The normalized spacial score (nSPS) is 20.2. The highest BCUT2D eigenvalue weighted by atomic mass is 32.2. The Morgan fingerprint density at radius 2 is 1.97 bits per heavy atom. The number of amides is 1. The van der Waals surface area contributed by atoms with Gasteiger partial charge in [0.1, 0.15) is 10.9 Å². The van der Waals surface area contributed by atoms with Crippen molar-refractivity contribution >= 4 is 33.5 Å². The molecule has 10 heteroatoms. The van der Waals surface area contributed by atoms with Crippen LogP contribution in [0, 0.1) is 5.82 Å². The standard InChI is InChI=1S/C23H19F3N4O2S/c1-23(25,26)22-27-18-10-30(11-19(18)33-22)21(32)15-8-12(6-7-16(15)24)9-17-13-4-2-3-5-14(13)20(31)29-28-17/h2-8,18-19H,9-11H2,1H3,(H,29,31). The predicted molar refractivity (Wildman–Crippen MR) is 121 cm³/mol. The van der Waals surface area contributed by atoms with E-state index < -0.39 is 23.7 Å². The minimum absolute atomic E-state index is 0.0868. The first-order chi connectivity index (χ1) is 15.7. The number of rotatable bonds is 4. The molecule has 0 radical (unpaired) electrons. The molecule has 0 spiro atoms. The average Bonchev–Trinajstić information content (AvgIpc) is 3.36. The number of aliphatic imine (C=N–C) groups is 1. The Bertz CT molecular complexity index is 1350. The van der Waals surface area contributed by atoms with Crippen LogP contribution in [-0.2, 0) is 6.42 Å². The lowest BCUT2D eigenvalue weighted by atomic mass is 10.0. The average molecular weight is 472 g/mol. The maximum atomic E-state index is 14.6. The van der Waals surface area contributed by atoms with Crippen LogP contribution in [-0.4, -0.2) is 56.4 Å². The second-order valence-corrected chi connectivity index (χ2v) is 9.52. The second kappa shape index (κ2) is 8.02. The fraction of sp³-hybridized carbons (Fsp3) is 0.304. The van der Waals surface area contributed by atoms with Crippen LogP contribution >= 0.6 is 11.8 Å². The van der Waals surface area contributed by atoms with Crippen molar-refractivity contribution in [2.75, 3.05) is 13.1 Å². The molecule has 0 saturated carbocycles. The lowest BCUT2D eigenvalue weighted by Crippen LogP contribution is -2.31. The van der Waals surface area contributed by atoms with Crippen LogP contribution in [0.1, 0.15) is 28.5 Å². The van der Waals surface area contributed by atoms with Crippen molar-refractivity contribution in [3.63, 3.8) is 0 Å². The second-order valence-electron chi connectivity index (χ2n) is 8.29. The monoisotopic (exact) mass is 472 g/mol. The molecular formula is C23H19F3N4O2S. The Balaban J connectivity index is 1.38. The van der Waals surface area contributed by atoms with E-state index in [1.165, 1.54) is 17.0 Å². The van der Waals surface area contributed by atoms with Crippen LogP contribution in [0.25, 0.3) is 10.8 Å². The van der Waals surface area contributed by atoms with E-state index in [9.17, 15) is 22.8 Å². The highest BCUT2D eigenvalue weighted by Crippen LogP contribution is 2.39. The summed E-state index contributed by atoms with van der Waals surface area (Å²) in [7, 11) is 0. The molecule has 0 aliphatic carbocycles. The molecule has 1 fully saturated rings. The van der Waals surface area contributed by atoms with Crippen molar-refractivity contribution in [3.05, 3.63) is 75.5 Å². The lowest BCUT2D eigenvalue weighted by molar-refractivity contribution is 0.0786. The van der Waals surface area contributed by atoms with E-state index in [0.29, 0.717) is 22.0 Å². The van der Waals surface area contributed by atoms with Crippen LogP contribution in [0.15, 0.2) is 52.3 Å². The van der Waals surface area contributed by atoms with Gasteiger partial charge in [0, 0.05) is 31.8 Å². The first kappa shape index (κ1) is 21.7. The summed E-state index contributed by atoms with van der Waals surface area (Å²) in [4.78, 5) is 30.6. The molecule has 1 amide bonds. The predicted octanol–water partition coefficient (Wildman–Crippen LogP) is 3.65. The maximum absolute atomic E-state index is 14.6. The van der Waals surface area contributed by atoms with Crippen molar-refractivity contribution in [1.29, 1.82) is 0 Å². The Morgan fingerprint density at radius 1 is 1.21 bits per heavy atom. The third-order valence-electron chi connectivity index (χ3n) is 5.85. The number of fused-ring (bicyclic) bond motifs is 2. The quantitative estimate of drug-likeness (QED) is 0.629. The zero-order chi connectivity index (χ0) is 23.3. The van der Waals surface area contributed by atoms with Crippen LogP contribution in [0.2, 0.25) is 0 Å². The molecule has 3 aromatic rings. The number of carbonyl (C=O) groups is 1. The Hall–Kier alpha value is -3.14. The summed E-state index contributed by atoms with van der Waals surface area (Å²) in [6.45, 7) is 1.21. The van der Waals surface area contributed by atoms with Gasteiger partial charge in [-0.3, -0.25) is 14.6 Å². The van der Waals surface area contributed by atoms with Crippen molar-refractivity contribution in [3.8, 4) is 0 Å². The highest BCUT2D eigenvalue weighted by Gasteiger charge is 2.46. The fourth-order valence-electron chi connectivity index (χ4n) is 4.22. The van der Waals surface area contributed by atoms with Crippen molar-refractivity contribution < 1.29 is 18.0 Å². The number of thioether (sulfide) groups is 1.